The Morgan fingerprint density at radius 3 is 2.92 bits per heavy atom. The summed E-state index contributed by atoms with van der Waals surface area (Å²) in [7, 11) is -1.57. The quantitative estimate of drug-likeness (QED) is 0.710. The summed E-state index contributed by atoms with van der Waals surface area (Å²) in [4.78, 5) is 12.3. The van der Waals surface area contributed by atoms with Gasteiger partial charge in [0.05, 0.1) is 18.8 Å². The Labute approximate surface area is 150 Å². The number of nitrogens with zero attached hydrogens (tertiary/aromatic N) is 1. The number of piperidine rings is 1. The largest absolute Gasteiger partial charge is 0.497 e. The average Bonchev–Trinajstić information content (AvgIpc) is 2.65. The third-order valence-electron chi connectivity index (χ3n) is 4.59. The van der Waals surface area contributed by atoms with Gasteiger partial charge in [-0.25, -0.2) is 12.7 Å². The lowest BCUT2D eigenvalue weighted by atomic mass is 9.99. The molecule has 0 aromatic heterocycles. The molecule has 1 atom stereocenters. The van der Waals surface area contributed by atoms with Gasteiger partial charge in [-0.3, -0.25) is 4.79 Å². The predicted octanol–water partition coefficient (Wildman–Crippen LogP) is 1.81. The van der Waals surface area contributed by atoms with Crippen LogP contribution in [0, 0.1) is 5.92 Å². The van der Waals surface area contributed by atoms with Crippen LogP contribution in [0.5, 0.6) is 5.75 Å². The molecule has 6 nitrogen and oxygen atoms in total. The molecule has 0 aliphatic carbocycles. The van der Waals surface area contributed by atoms with E-state index in [9.17, 15) is 13.2 Å². The van der Waals surface area contributed by atoms with Crippen LogP contribution >= 0.6 is 0 Å². The number of hydrogen-bond donors (Lipinski definition) is 1. The Hall–Kier alpha value is -1.60. The molecule has 7 heteroatoms. The van der Waals surface area contributed by atoms with E-state index in [0.717, 1.165) is 31.4 Å². The highest BCUT2D eigenvalue weighted by Crippen LogP contribution is 2.19. The van der Waals surface area contributed by atoms with Gasteiger partial charge in [0, 0.05) is 19.6 Å². The Kier molecular flexibility index (Phi) is 7.25. The van der Waals surface area contributed by atoms with Crippen LogP contribution in [0.2, 0.25) is 0 Å². The van der Waals surface area contributed by atoms with Gasteiger partial charge in [0.2, 0.25) is 15.9 Å². The van der Waals surface area contributed by atoms with Crippen LogP contribution in [0.1, 0.15) is 31.7 Å². The van der Waals surface area contributed by atoms with Crippen LogP contribution in [0.25, 0.3) is 0 Å². The minimum atomic E-state index is -3.21. The van der Waals surface area contributed by atoms with Crippen molar-refractivity contribution in [2.75, 3.05) is 32.5 Å². The molecular formula is C18H28N2O4S. The lowest BCUT2D eigenvalue weighted by Crippen LogP contribution is -2.46. The first-order valence-electron chi connectivity index (χ1n) is 8.84. The van der Waals surface area contributed by atoms with Gasteiger partial charge in [0.25, 0.3) is 0 Å². The second-order valence-electron chi connectivity index (χ2n) is 6.34. The molecule has 1 aromatic carbocycles. The van der Waals surface area contributed by atoms with E-state index >= 15 is 0 Å². The number of methoxy groups -OCH3 is 1. The molecule has 1 amide bonds. The van der Waals surface area contributed by atoms with E-state index in [4.69, 9.17) is 4.74 Å². The molecule has 1 aliphatic rings. The SMILES string of the molecule is CCS(=O)(=O)N1CCC[C@@H](C(=O)NCCCc2cccc(OC)c2)C1. The van der Waals surface area contributed by atoms with Crippen LogP contribution in [-0.4, -0.2) is 51.1 Å². The van der Waals surface area contributed by atoms with E-state index in [1.165, 1.54) is 9.87 Å². The predicted molar refractivity (Wildman–Crippen MR) is 98.1 cm³/mol. The van der Waals surface area contributed by atoms with Crippen LogP contribution in [-0.2, 0) is 21.2 Å². The number of aryl methyl sites for hydroxylation is 1. The van der Waals surface area contributed by atoms with Crippen LogP contribution < -0.4 is 10.1 Å². The molecule has 1 aromatic rings. The number of sulfonamides is 1. The van der Waals surface area contributed by atoms with Crippen molar-refractivity contribution in [1.29, 1.82) is 0 Å². The highest BCUT2D eigenvalue weighted by Gasteiger charge is 2.31. The minimum absolute atomic E-state index is 0.0401. The smallest absolute Gasteiger partial charge is 0.224 e. The summed E-state index contributed by atoms with van der Waals surface area (Å²) in [5.41, 5.74) is 1.17. The molecule has 1 heterocycles. The van der Waals surface area contributed by atoms with Gasteiger partial charge in [0.1, 0.15) is 5.75 Å². The van der Waals surface area contributed by atoms with E-state index in [1.54, 1.807) is 14.0 Å². The Bertz CT molecular complexity index is 675. The topological polar surface area (TPSA) is 75.7 Å². The zero-order chi connectivity index (χ0) is 18.3. The van der Waals surface area contributed by atoms with Crippen molar-refractivity contribution in [1.82, 2.24) is 9.62 Å². The molecule has 2 rings (SSSR count). The summed E-state index contributed by atoms with van der Waals surface area (Å²) in [5.74, 6) is 0.636. The zero-order valence-electron chi connectivity index (χ0n) is 15.0. The lowest BCUT2D eigenvalue weighted by Gasteiger charge is -2.30. The van der Waals surface area contributed by atoms with Crippen LogP contribution in [0.15, 0.2) is 24.3 Å². The molecule has 1 aliphatic heterocycles. The van der Waals surface area contributed by atoms with Crippen LogP contribution in [0.3, 0.4) is 0 Å². The number of carbonyl (C=O) groups excluding carboxylic acids is 1. The number of benzene rings is 1. The van der Waals surface area contributed by atoms with Crippen LogP contribution in [0.4, 0.5) is 0 Å². The number of carbonyl (C=O) groups is 1. The van der Waals surface area contributed by atoms with Crippen molar-refractivity contribution in [3.8, 4) is 5.75 Å². The number of rotatable bonds is 8. The molecule has 0 saturated carbocycles. The van der Waals surface area contributed by atoms with E-state index in [1.807, 2.05) is 24.3 Å². The molecule has 0 unspecified atom stereocenters. The van der Waals surface area contributed by atoms with Crippen molar-refractivity contribution in [2.45, 2.75) is 32.6 Å². The van der Waals surface area contributed by atoms with Gasteiger partial charge < -0.3 is 10.1 Å². The Balaban J connectivity index is 1.76. The van der Waals surface area contributed by atoms with E-state index in [2.05, 4.69) is 5.32 Å². The van der Waals surface area contributed by atoms with E-state index in [0.29, 0.717) is 19.6 Å². The highest BCUT2D eigenvalue weighted by atomic mass is 32.2. The standard InChI is InChI=1S/C18H28N2O4S/c1-3-25(22,23)20-12-6-9-16(14-20)18(21)19-11-5-8-15-7-4-10-17(13-15)24-2/h4,7,10,13,16H,3,5-6,8-9,11-12,14H2,1-2H3,(H,19,21)/t16-/m1/s1. The number of hydrogen-bond acceptors (Lipinski definition) is 4. The molecule has 1 N–H and O–H groups in total. The third-order valence-corrected chi connectivity index (χ3v) is 6.44. The summed E-state index contributed by atoms with van der Waals surface area (Å²) in [6.07, 6.45) is 3.18. The highest BCUT2D eigenvalue weighted by molar-refractivity contribution is 7.89. The van der Waals surface area contributed by atoms with E-state index < -0.39 is 10.0 Å². The molecule has 0 spiro atoms. The second kappa shape index (κ2) is 9.20. The fourth-order valence-corrected chi connectivity index (χ4v) is 4.25. The van der Waals surface area contributed by atoms with Gasteiger partial charge in [-0.05, 0) is 50.3 Å². The van der Waals surface area contributed by atoms with Crippen molar-refractivity contribution >= 4 is 15.9 Å². The first-order valence-corrected chi connectivity index (χ1v) is 10.5. The van der Waals surface area contributed by atoms with Gasteiger partial charge in [-0.15, -0.1) is 0 Å². The number of nitrogens with one attached hydrogen (secondary N) is 1. The minimum Gasteiger partial charge on any atom is -0.497 e. The fourth-order valence-electron chi connectivity index (χ4n) is 3.07. The summed E-state index contributed by atoms with van der Waals surface area (Å²) >= 11 is 0. The first-order chi connectivity index (χ1) is 12.0. The van der Waals surface area contributed by atoms with E-state index in [-0.39, 0.29) is 17.6 Å². The summed E-state index contributed by atoms with van der Waals surface area (Å²) in [6, 6.07) is 7.90. The summed E-state index contributed by atoms with van der Waals surface area (Å²) in [5, 5.41) is 2.95. The summed E-state index contributed by atoms with van der Waals surface area (Å²) < 4.78 is 30.6. The molecule has 1 saturated heterocycles. The molecule has 0 radical (unpaired) electrons. The molecule has 25 heavy (non-hydrogen) atoms. The van der Waals surface area contributed by atoms with Gasteiger partial charge >= 0.3 is 0 Å². The number of amides is 1. The van der Waals surface area contributed by atoms with Crippen molar-refractivity contribution in [3.05, 3.63) is 29.8 Å². The Morgan fingerprint density at radius 1 is 1.40 bits per heavy atom. The van der Waals surface area contributed by atoms with Gasteiger partial charge in [-0.2, -0.15) is 0 Å². The maximum absolute atomic E-state index is 12.3. The van der Waals surface area contributed by atoms with Gasteiger partial charge in [0.15, 0.2) is 0 Å². The van der Waals surface area contributed by atoms with Gasteiger partial charge in [-0.1, -0.05) is 12.1 Å². The average molecular weight is 368 g/mol. The fraction of sp³-hybridized carbons (Fsp3) is 0.611. The second-order valence-corrected chi connectivity index (χ2v) is 8.60. The van der Waals surface area contributed by atoms with Crippen molar-refractivity contribution < 1.29 is 17.9 Å². The lowest BCUT2D eigenvalue weighted by molar-refractivity contribution is -0.126. The number of ether oxygens (including phenoxy) is 1. The molecular weight excluding hydrogens is 340 g/mol. The maximum Gasteiger partial charge on any atom is 0.224 e. The third kappa shape index (κ3) is 5.71. The molecule has 140 valence electrons. The Morgan fingerprint density at radius 2 is 2.20 bits per heavy atom. The van der Waals surface area contributed by atoms with Crippen molar-refractivity contribution in [2.24, 2.45) is 5.92 Å². The first kappa shape index (κ1) is 19.7. The maximum atomic E-state index is 12.3. The molecule has 1 fully saturated rings. The zero-order valence-corrected chi connectivity index (χ0v) is 15.8. The van der Waals surface area contributed by atoms with Crippen molar-refractivity contribution in [3.63, 3.8) is 0 Å². The molecule has 0 bridgehead atoms. The summed E-state index contributed by atoms with van der Waals surface area (Å²) in [6.45, 7) is 3.05. The monoisotopic (exact) mass is 368 g/mol. The normalized spacial score (nSPS) is 18.7.